The molecule has 4 heterocycles. The lowest BCUT2D eigenvalue weighted by atomic mass is 10.1. The van der Waals surface area contributed by atoms with Gasteiger partial charge in [0.05, 0.1) is 19.8 Å². The first-order valence-electron chi connectivity index (χ1n) is 13.4. The summed E-state index contributed by atoms with van der Waals surface area (Å²) in [7, 11) is 2.25. The first-order chi connectivity index (χ1) is 21.4. The number of aryl methyl sites for hydroxylation is 2. The Morgan fingerprint density at radius 2 is 1.50 bits per heavy atom. The number of aliphatic carboxylic acids is 2. The smallest absolute Gasteiger partial charge is 0.430 e. The second-order valence-corrected chi connectivity index (χ2v) is 10.0. The average Bonchev–Trinajstić information content (AvgIpc) is 3.61. The van der Waals surface area contributed by atoms with Crippen molar-refractivity contribution in [2.75, 3.05) is 38.1 Å². The van der Waals surface area contributed by atoms with Crippen molar-refractivity contribution in [1.29, 1.82) is 0 Å². The molecule has 1 aliphatic rings. The van der Waals surface area contributed by atoms with E-state index < -0.39 is 24.3 Å². The van der Waals surface area contributed by atoms with E-state index in [4.69, 9.17) is 24.3 Å². The van der Waals surface area contributed by atoms with Crippen LogP contribution in [0.3, 0.4) is 0 Å². The van der Waals surface area contributed by atoms with Crippen LogP contribution in [0.15, 0.2) is 47.1 Å². The van der Waals surface area contributed by atoms with E-state index in [1.54, 1.807) is 4.90 Å². The van der Waals surface area contributed by atoms with Crippen molar-refractivity contribution in [3.05, 3.63) is 59.5 Å². The van der Waals surface area contributed by atoms with Crippen LogP contribution in [0.4, 0.5) is 32.2 Å². The van der Waals surface area contributed by atoms with Crippen molar-refractivity contribution >= 4 is 17.8 Å². The average molecular weight is 659 g/mol. The number of quaternary nitrogens is 1. The monoisotopic (exact) mass is 658 g/mol. The molecule has 0 unspecified atom stereocenters. The molecule has 0 aliphatic carbocycles. The van der Waals surface area contributed by atoms with Gasteiger partial charge in [0.15, 0.2) is 0 Å². The molecule has 19 heteroatoms. The normalized spacial score (nSPS) is 13.7. The van der Waals surface area contributed by atoms with Crippen LogP contribution in [0.1, 0.15) is 17.0 Å². The molecule has 0 spiro atoms. The van der Waals surface area contributed by atoms with E-state index in [0.29, 0.717) is 24.1 Å². The van der Waals surface area contributed by atoms with Crippen LogP contribution in [0.25, 0.3) is 23.1 Å². The third-order valence-electron chi connectivity index (χ3n) is 6.39. The van der Waals surface area contributed by atoms with Crippen molar-refractivity contribution in [3.63, 3.8) is 0 Å². The third kappa shape index (κ3) is 10.2. The minimum Gasteiger partial charge on any atom is -0.542 e. The summed E-state index contributed by atoms with van der Waals surface area (Å²) in [6, 6.07) is 12.3. The Labute approximate surface area is 257 Å². The van der Waals surface area contributed by atoms with Crippen molar-refractivity contribution < 1.29 is 60.6 Å². The second-order valence-electron chi connectivity index (χ2n) is 10.0. The van der Waals surface area contributed by atoms with Crippen LogP contribution in [0.5, 0.6) is 0 Å². The van der Waals surface area contributed by atoms with E-state index in [2.05, 4.69) is 49.3 Å². The van der Waals surface area contributed by atoms with Crippen molar-refractivity contribution in [2.45, 2.75) is 32.7 Å². The number of anilines is 1. The molecule has 5 rings (SSSR count). The highest BCUT2D eigenvalue weighted by atomic mass is 19.4. The molecule has 1 aliphatic heterocycles. The molecule has 0 radical (unpaired) electrons. The molecule has 0 atom stereocenters. The summed E-state index contributed by atoms with van der Waals surface area (Å²) in [5.74, 6) is -2.77. The van der Waals surface area contributed by atoms with E-state index in [9.17, 15) is 26.3 Å². The number of carbonyl (C=O) groups is 2. The van der Waals surface area contributed by atoms with Gasteiger partial charge in [-0.3, -0.25) is 4.90 Å². The van der Waals surface area contributed by atoms with Gasteiger partial charge in [-0.05, 0) is 25.5 Å². The number of aromatic nitrogens is 6. The molecule has 248 valence electrons. The van der Waals surface area contributed by atoms with Gasteiger partial charge in [0, 0.05) is 11.6 Å². The van der Waals surface area contributed by atoms with Gasteiger partial charge in [0.1, 0.15) is 43.9 Å². The number of nitrogens with one attached hydrogen (secondary N) is 2. The molecule has 13 nitrogen and oxygen atoms in total. The maximum Gasteiger partial charge on any atom is 0.430 e. The number of benzene rings is 1. The van der Waals surface area contributed by atoms with E-state index in [0.717, 1.165) is 48.9 Å². The fourth-order valence-electron chi connectivity index (χ4n) is 3.88. The van der Waals surface area contributed by atoms with Crippen LogP contribution < -0.4 is 25.0 Å². The Bertz CT molecular complexity index is 1590. The lowest BCUT2D eigenvalue weighted by Crippen LogP contribution is -3.12. The first-order valence-corrected chi connectivity index (χ1v) is 13.4. The molecule has 46 heavy (non-hydrogen) atoms. The number of rotatable bonds is 5. The van der Waals surface area contributed by atoms with Gasteiger partial charge in [-0.15, -0.1) is 5.10 Å². The summed E-state index contributed by atoms with van der Waals surface area (Å²) in [4.78, 5) is 34.0. The minimum absolute atomic E-state index is 0.324. The highest BCUT2D eigenvalue weighted by Crippen LogP contribution is 2.21. The number of H-pyrrole nitrogens is 1. The molecule has 0 bridgehead atoms. The van der Waals surface area contributed by atoms with Crippen molar-refractivity contribution in [2.24, 2.45) is 0 Å². The number of hydrogen-bond acceptors (Lipinski definition) is 10. The largest absolute Gasteiger partial charge is 0.542 e. The van der Waals surface area contributed by atoms with Crippen molar-refractivity contribution in [1.82, 2.24) is 24.9 Å². The standard InChI is InChI=1S/C23H26N8O.2C2HF3O2/c1-16-4-6-19(7-5-16)21-26-23(32-28-21)22-25-17(2)31(27-22)15-18-8-9-24-20(14-18)30-12-10-29(3)11-13-30;2*3-2(4,5)1(6)7/h4-9,14H,10-13,15H2,1-3H3;2*(H,6,7). The number of pyridine rings is 1. The molecular formula is C27H28F6N8O5. The quantitative estimate of drug-likeness (QED) is 0.273. The van der Waals surface area contributed by atoms with Crippen LogP contribution in [0, 0.1) is 13.8 Å². The number of likely N-dealkylation sites (N-methyl/N-ethyl adjacent to an activating group) is 1. The number of carboxylic acids is 2. The van der Waals surface area contributed by atoms with E-state index in [-0.39, 0.29) is 0 Å². The van der Waals surface area contributed by atoms with Crippen LogP contribution in [0.2, 0.25) is 0 Å². The van der Waals surface area contributed by atoms with Gasteiger partial charge in [-0.25, -0.2) is 14.6 Å². The number of carbonyl (C=O) groups excluding carboxylic acids is 2. The number of nitrogens with zero attached hydrogens (tertiary/aromatic N) is 6. The lowest BCUT2D eigenvalue weighted by molar-refractivity contribution is -0.880. The van der Waals surface area contributed by atoms with Gasteiger partial charge < -0.3 is 29.2 Å². The van der Waals surface area contributed by atoms with Crippen molar-refractivity contribution in [3.8, 4) is 23.1 Å². The van der Waals surface area contributed by atoms with Gasteiger partial charge in [-0.1, -0.05) is 35.0 Å². The summed E-state index contributed by atoms with van der Waals surface area (Å²) < 4.78 is 70.4. The number of carboxylic acid groups (broad SMARTS) is 2. The molecular weight excluding hydrogens is 630 g/mol. The maximum atomic E-state index is 10.5. The number of aromatic amines is 1. The van der Waals surface area contributed by atoms with E-state index in [1.807, 2.05) is 49.0 Å². The van der Waals surface area contributed by atoms with Gasteiger partial charge in [-0.2, -0.15) is 31.3 Å². The summed E-state index contributed by atoms with van der Waals surface area (Å²) >= 11 is 0. The highest BCUT2D eigenvalue weighted by Gasteiger charge is 2.29. The van der Waals surface area contributed by atoms with E-state index >= 15 is 0 Å². The first kappa shape index (κ1) is 35.4. The Kier molecular flexibility index (Phi) is 11.4. The Balaban J connectivity index is 0.000000345. The molecule has 0 saturated carbocycles. The predicted octanol–water partition coefficient (Wildman–Crippen LogP) is -0.594. The minimum atomic E-state index is -5.19. The Morgan fingerprint density at radius 1 is 0.935 bits per heavy atom. The molecule has 2 N–H and O–H groups in total. The molecule has 4 aromatic rings. The Hall–Kier alpha value is -5.07. The zero-order valence-corrected chi connectivity index (χ0v) is 24.6. The number of hydrogen-bond donors (Lipinski definition) is 1. The van der Waals surface area contributed by atoms with E-state index in [1.165, 1.54) is 5.56 Å². The summed E-state index contributed by atoms with van der Waals surface area (Å²) in [5.41, 5.74) is 3.25. The van der Waals surface area contributed by atoms with Gasteiger partial charge in [0.2, 0.25) is 11.6 Å². The van der Waals surface area contributed by atoms with Crippen LogP contribution >= 0.6 is 0 Å². The summed E-state index contributed by atoms with van der Waals surface area (Å²) in [6.07, 6.45) is -8.39. The molecule has 0 amide bonds. The number of alkyl halides is 6. The van der Waals surface area contributed by atoms with Gasteiger partial charge >= 0.3 is 12.4 Å². The number of piperazine rings is 1. The third-order valence-corrected chi connectivity index (χ3v) is 6.39. The zero-order chi connectivity index (χ0) is 34.2. The molecule has 1 fully saturated rings. The zero-order valence-electron chi connectivity index (χ0n) is 24.6. The fourth-order valence-corrected chi connectivity index (χ4v) is 3.88. The highest BCUT2D eigenvalue weighted by molar-refractivity contribution is 5.71. The predicted molar refractivity (Wildman–Crippen MR) is 141 cm³/mol. The number of halogens is 6. The second kappa shape index (κ2) is 14.8. The lowest BCUT2D eigenvalue weighted by Gasteiger charge is -2.25. The fraction of sp³-hybridized carbons (Fsp3) is 0.370. The molecule has 1 saturated heterocycles. The summed E-state index contributed by atoms with van der Waals surface area (Å²) in [6.45, 7) is 9.02. The SMILES string of the molecule is Cc1ccc(-c2noc(-c3nc(C)n(Cc4cc[nH+]c(N5CC[NH+](C)CC5)c4)n3)n2)cc1.O=C([O-])C(F)(F)F.O=C([O-])C(F)(F)F. The van der Waals surface area contributed by atoms with Gasteiger partial charge in [0.25, 0.3) is 11.7 Å². The maximum absolute atomic E-state index is 10.5. The van der Waals surface area contributed by atoms with Crippen LogP contribution in [-0.4, -0.2) is 82.4 Å². The summed E-state index contributed by atoms with van der Waals surface area (Å²) in [5, 5.41) is 26.3. The van der Waals surface area contributed by atoms with Crippen LogP contribution in [-0.2, 0) is 16.1 Å². The molecule has 3 aromatic heterocycles. The molecule has 1 aromatic carbocycles. The topological polar surface area (TPSA) is 172 Å². The Morgan fingerprint density at radius 3 is 2.04 bits per heavy atom.